The highest BCUT2D eigenvalue weighted by Gasteiger charge is 2.30. The van der Waals surface area contributed by atoms with Gasteiger partial charge in [0.15, 0.2) is 11.3 Å². The lowest BCUT2D eigenvalue weighted by Gasteiger charge is -2.17. The van der Waals surface area contributed by atoms with E-state index >= 15 is 0 Å². The molecule has 23 heavy (non-hydrogen) atoms. The molecule has 1 aliphatic carbocycles. The predicted octanol–water partition coefficient (Wildman–Crippen LogP) is 3.23. The van der Waals surface area contributed by atoms with Crippen LogP contribution in [0.25, 0.3) is 11.2 Å². The fraction of sp³-hybridized carbons (Fsp3) is 0.294. The third-order valence-electron chi connectivity index (χ3n) is 4.41. The second-order valence-corrected chi connectivity index (χ2v) is 5.90. The summed E-state index contributed by atoms with van der Waals surface area (Å²) in [5, 5.41) is 4.42. The van der Waals surface area contributed by atoms with E-state index < -0.39 is 17.5 Å². The van der Waals surface area contributed by atoms with E-state index in [1.165, 1.54) is 21.3 Å². The van der Waals surface area contributed by atoms with E-state index in [1.807, 2.05) is 6.07 Å². The Balaban J connectivity index is 2.02. The van der Waals surface area contributed by atoms with Crippen molar-refractivity contribution in [2.45, 2.75) is 31.4 Å². The molecule has 0 amide bonds. The zero-order valence-corrected chi connectivity index (χ0v) is 12.3. The Labute approximate surface area is 131 Å². The molecule has 1 fully saturated rings. The summed E-state index contributed by atoms with van der Waals surface area (Å²) in [6, 6.07) is 10.2. The van der Waals surface area contributed by atoms with E-state index in [0.717, 1.165) is 0 Å². The van der Waals surface area contributed by atoms with Gasteiger partial charge in [0.05, 0.1) is 5.69 Å². The molecule has 2 atom stereocenters. The summed E-state index contributed by atoms with van der Waals surface area (Å²) in [5.74, 6) is -0.259. The van der Waals surface area contributed by atoms with Gasteiger partial charge in [0.1, 0.15) is 12.0 Å². The fourth-order valence-electron chi connectivity index (χ4n) is 3.30. The minimum Gasteiger partial charge on any atom is -0.266 e. The minimum atomic E-state index is -0.877. The van der Waals surface area contributed by atoms with Gasteiger partial charge in [-0.3, -0.25) is 9.36 Å². The number of benzene rings is 1. The lowest BCUT2D eigenvalue weighted by molar-refractivity contribution is 0.337. The molecular weight excluding hydrogens is 300 g/mol. The maximum atomic E-state index is 13.9. The van der Waals surface area contributed by atoms with Crippen molar-refractivity contribution in [2.24, 2.45) is 0 Å². The van der Waals surface area contributed by atoms with Gasteiger partial charge in [-0.25, -0.2) is 13.3 Å². The van der Waals surface area contributed by atoms with Crippen LogP contribution in [0.4, 0.5) is 8.78 Å². The normalized spacial score (nSPS) is 21.1. The molecule has 0 spiro atoms. The molecule has 0 unspecified atom stereocenters. The van der Waals surface area contributed by atoms with Gasteiger partial charge in [-0.15, -0.1) is 0 Å². The van der Waals surface area contributed by atoms with Crippen molar-refractivity contribution in [2.75, 3.05) is 0 Å². The van der Waals surface area contributed by atoms with Crippen LogP contribution in [0, 0.1) is 5.82 Å². The first kappa shape index (κ1) is 14.1. The molecule has 1 aliphatic rings. The van der Waals surface area contributed by atoms with E-state index in [1.54, 1.807) is 24.3 Å². The van der Waals surface area contributed by atoms with Crippen LogP contribution in [0.1, 0.15) is 31.0 Å². The number of nitrogens with zero attached hydrogens (tertiary/aromatic N) is 3. The number of aromatic nitrogens is 3. The third kappa shape index (κ3) is 2.25. The highest BCUT2D eigenvalue weighted by atomic mass is 19.1. The SMILES string of the molecule is O=c1c2c(F)ccn2nc([C@H]2CC[C@@H](F)C2)n1-c1ccccc1. The van der Waals surface area contributed by atoms with Crippen molar-refractivity contribution < 1.29 is 8.78 Å². The van der Waals surface area contributed by atoms with Crippen molar-refractivity contribution in [1.82, 2.24) is 14.2 Å². The van der Waals surface area contributed by atoms with Crippen LogP contribution in [-0.2, 0) is 0 Å². The van der Waals surface area contributed by atoms with E-state index in [2.05, 4.69) is 5.10 Å². The molecule has 0 N–H and O–H groups in total. The lowest BCUT2D eigenvalue weighted by atomic mass is 10.1. The second-order valence-electron chi connectivity index (χ2n) is 5.90. The molecule has 1 aromatic carbocycles. The zero-order valence-electron chi connectivity index (χ0n) is 12.3. The first-order valence-electron chi connectivity index (χ1n) is 7.64. The maximum absolute atomic E-state index is 13.9. The maximum Gasteiger partial charge on any atom is 0.285 e. The highest BCUT2D eigenvalue weighted by Crippen LogP contribution is 2.35. The molecule has 0 radical (unpaired) electrons. The van der Waals surface area contributed by atoms with E-state index in [9.17, 15) is 13.6 Å². The second kappa shape index (κ2) is 5.30. The Morgan fingerprint density at radius 1 is 1.13 bits per heavy atom. The molecule has 0 aliphatic heterocycles. The number of para-hydroxylation sites is 1. The molecule has 4 rings (SSSR count). The average Bonchev–Trinajstić information content (AvgIpc) is 3.14. The first-order valence-corrected chi connectivity index (χ1v) is 7.64. The Hall–Kier alpha value is -2.50. The van der Waals surface area contributed by atoms with Crippen molar-refractivity contribution in [3.8, 4) is 5.69 Å². The quantitative estimate of drug-likeness (QED) is 0.728. The Morgan fingerprint density at radius 2 is 1.91 bits per heavy atom. The largest absolute Gasteiger partial charge is 0.285 e. The summed E-state index contributed by atoms with van der Waals surface area (Å²) < 4.78 is 30.2. The number of hydrogen-bond donors (Lipinski definition) is 0. The fourth-order valence-corrected chi connectivity index (χ4v) is 3.30. The monoisotopic (exact) mass is 315 g/mol. The molecule has 1 saturated carbocycles. The van der Waals surface area contributed by atoms with Crippen LogP contribution >= 0.6 is 0 Å². The molecule has 6 heteroatoms. The summed E-state index contributed by atoms with van der Waals surface area (Å²) in [7, 11) is 0. The van der Waals surface area contributed by atoms with Crippen molar-refractivity contribution in [3.63, 3.8) is 0 Å². The highest BCUT2D eigenvalue weighted by molar-refractivity contribution is 5.49. The first-order chi connectivity index (χ1) is 11.1. The molecule has 0 bridgehead atoms. The van der Waals surface area contributed by atoms with Gasteiger partial charge in [0.2, 0.25) is 0 Å². The lowest BCUT2D eigenvalue weighted by Crippen LogP contribution is -2.28. The Kier molecular flexibility index (Phi) is 3.25. The van der Waals surface area contributed by atoms with Gasteiger partial charge < -0.3 is 0 Å². The minimum absolute atomic E-state index is 0.0904. The predicted molar refractivity (Wildman–Crippen MR) is 82.2 cm³/mol. The van der Waals surface area contributed by atoms with Crippen LogP contribution in [0.2, 0.25) is 0 Å². The van der Waals surface area contributed by atoms with Gasteiger partial charge in [-0.05, 0) is 37.5 Å². The Bertz CT molecular complexity index is 917. The Morgan fingerprint density at radius 3 is 2.61 bits per heavy atom. The van der Waals surface area contributed by atoms with Crippen molar-refractivity contribution in [1.29, 1.82) is 0 Å². The smallest absolute Gasteiger partial charge is 0.266 e. The van der Waals surface area contributed by atoms with Gasteiger partial charge >= 0.3 is 0 Å². The summed E-state index contributed by atoms with van der Waals surface area (Å²) >= 11 is 0. The molecule has 2 aromatic heterocycles. The molecule has 3 aromatic rings. The van der Waals surface area contributed by atoms with E-state index in [4.69, 9.17) is 0 Å². The van der Waals surface area contributed by atoms with Crippen LogP contribution in [0.15, 0.2) is 47.4 Å². The van der Waals surface area contributed by atoms with Crippen LogP contribution in [0.3, 0.4) is 0 Å². The topological polar surface area (TPSA) is 39.3 Å². The summed E-state index contributed by atoms with van der Waals surface area (Å²) in [4.78, 5) is 12.8. The third-order valence-corrected chi connectivity index (χ3v) is 4.41. The zero-order chi connectivity index (χ0) is 16.0. The number of rotatable bonds is 2. The molecule has 0 saturated heterocycles. The standard InChI is InChI=1S/C17H15F2N3O/c18-12-7-6-11(10-12)16-20-21-9-8-14(19)15(21)17(23)22(16)13-4-2-1-3-5-13/h1-5,8-9,11-12H,6-7,10H2/t11-,12+/m0/s1. The van der Waals surface area contributed by atoms with Crippen LogP contribution < -0.4 is 5.56 Å². The van der Waals surface area contributed by atoms with Crippen LogP contribution in [0.5, 0.6) is 0 Å². The van der Waals surface area contributed by atoms with Crippen molar-refractivity contribution in [3.05, 3.63) is 64.6 Å². The van der Waals surface area contributed by atoms with Crippen LogP contribution in [-0.4, -0.2) is 20.4 Å². The molecule has 4 nitrogen and oxygen atoms in total. The van der Waals surface area contributed by atoms with E-state index in [0.29, 0.717) is 30.8 Å². The van der Waals surface area contributed by atoms with Gasteiger partial charge in [0, 0.05) is 12.1 Å². The van der Waals surface area contributed by atoms with Gasteiger partial charge in [-0.2, -0.15) is 5.10 Å². The number of alkyl halides is 1. The number of hydrogen-bond acceptors (Lipinski definition) is 2. The summed E-state index contributed by atoms with van der Waals surface area (Å²) in [6.45, 7) is 0. The molecule has 2 heterocycles. The summed E-state index contributed by atoms with van der Waals surface area (Å²) in [5.41, 5.74) is 0.0591. The number of halogens is 2. The average molecular weight is 315 g/mol. The van der Waals surface area contributed by atoms with Gasteiger partial charge in [0.25, 0.3) is 5.56 Å². The molecular formula is C17H15F2N3O. The van der Waals surface area contributed by atoms with Crippen molar-refractivity contribution >= 4 is 5.52 Å². The summed E-state index contributed by atoms with van der Waals surface area (Å²) in [6.07, 6.45) is 1.99. The van der Waals surface area contributed by atoms with E-state index in [-0.39, 0.29) is 11.4 Å². The van der Waals surface area contributed by atoms with Gasteiger partial charge in [-0.1, -0.05) is 18.2 Å². The number of fused-ring (bicyclic) bond motifs is 1. The molecule has 118 valence electrons.